The molecule has 0 atom stereocenters. The molecule has 0 aliphatic carbocycles. The fraction of sp³-hybridized carbons (Fsp3) is 0.176. The zero-order valence-corrected chi connectivity index (χ0v) is 12.1. The molecule has 21 heavy (non-hydrogen) atoms. The van der Waals surface area contributed by atoms with E-state index in [9.17, 15) is 4.79 Å². The standard InChI is InChI=1S/C17H17N3O/c1-13(2)20-9-8-14(12-20)10-15(11-18)17(21)19-16-6-4-3-5-7-16/h3-10,12-13H,1-2H3,(H,19,21)/b15-10+. The molecule has 1 aromatic heterocycles. The predicted octanol–water partition coefficient (Wildman–Crippen LogP) is 3.61. The highest BCUT2D eigenvalue weighted by atomic mass is 16.1. The lowest BCUT2D eigenvalue weighted by Gasteiger charge is -2.05. The van der Waals surface area contributed by atoms with E-state index in [1.807, 2.05) is 47.3 Å². The van der Waals surface area contributed by atoms with E-state index in [-0.39, 0.29) is 5.57 Å². The maximum atomic E-state index is 12.1. The molecule has 0 fully saturated rings. The number of para-hydroxylation sites is 1. The Bertz CT molecular complexity index is 690. The summed E-state index contributed by atoms with van der Waals surface area (Å²) in [6.45, 7) is 4.14. The quantitative estimate of drug-likeness (QED) is 0.686. The first-order valence-electron chi connectivity index (χ1n) is 6.76. The van der Waals surface area contributed by atoms with Crippen LogP contribution in [0.15, 0.2) is 54.4 Å². The minimum Gasteiger partial charge on any atom is -0.351 e. The maximum Gasteiger partial charge on any atom is 0.266 e. The molecule has 0 saturated heterocycles. The fourth-order valence-corrected chi connectivity index (χ4v) is 1.87. The first-order valence-corrected chi connectivity index (χ1v) is 6.76. The summed E-state index contributed by atoms with van der Waals surface area (Å²) in [5.41, 5.74) is 1.59. The van der Waals surface area contributed by atoms with Crippen LogP contribution in [0.2, 0.25) is 0 Å². The number of anilines is 1. The number of amides is 1. The molecular weight excluding hydrogens is 262 g/mol. The number of nitriles is 1. The number of benzene rings is 1. The van der Waals surface area contributed by atoms with Crippen LogP contribution in [0.25, 0.3) is 6.08 Å². The Morgan fingerprint density at radius 1 is 1.29 bits per heavy atom. The number of aromatic nitrogens is 1. The highest BCUT2D eigenvalue weighted by molar-refractivity contribution is 6.09. The van der Waals surface area contributed by atoms with E-state index in [1.165, 1.54) is 0 Å². The van der Waals surface area contributed by atoms with E-state index in [4.69, 9.17) is 5.26 Å². The van der Waals surface area contributed by atoms with E-state index < -0.39 is 5.91 Å². The third-order valence-corrected chi connectivity index (χ3v) is 3.04. The Balaban J connectivity index is 2.16. The predicted molar refractivity (Wildman–Crippen MR) is 83.5 cm³/mol. The highest BCUT2D eigenvalue weighted by Crippen LogP contribution is 2.13. The van der Waals surface area contributed by atoms with Gasteiger partial charge >= 0.3 is 0 Å². The van der Waals surface area contributed by atoms with E-state index in [2.05, 4.69) is 19.2 Å². The molecule has 0 bridgehead atoms. The molecule has 106 valence electrons. The molecule has 4 nitrogen and oxygen atoms in total. The molecular formula is C17H17N3O. The molecule has 1 N–H and O–H groups in total. The maximum absolute atomic E-state index is 12.1. The summed E-state index contributed by atoms with van der Waals surface area (Å²) in [6, 6.07) is 13.3. The van der Waals surface area contributed by atoms with Crippen molar-refractivity contribution in [3.8, 4) is 6.07 Å². The van der Waals surface area contributed by atoms with Crippen molar-refractivity contribution in [2.24, 2.45) is 0 Å². The third-order valence-electron chi connectivity index (χ3n) is 3.04. The molecule has 1 aromatic carbocycles. The SMILES string of the molecule is CC(C)n1ccc(/C=C(\C#N)C(=O)Nc2ccccc2)c1. The van der Waals surface area contributed by atoms with Gasteiger partial charge in [0, 0.05) is 24.1 Å². The van der Waals surface area contributed by atoms with Gasteiger partial charge in [0.2, 0.25) is 0 Å². The fourth-order valence-electron chi connectivity index (χ4n) is 1.87. The summed E-state index contributed by atoms with van der Waals surface area (Å²) in [5, 5.41) is 11.9. The first-order chi connectivity index (χ1) is 10.1. The van der Waals surface area contributed by atoms with Crippen molar-refractivity contribution in [3.05, 3.63) is 59.9 Å². The number of rotatable bonds is 4. The number of hydrogen-bond donors (Lipinski definition) is 1. The Morgan fingerprint density at radius 2 is 2.00 bits per heavy atom. The van der Waals surface area contributed by atoms with Crippen molar-refractivity contribution in [1.82, 2.24) is 4.57 Å². The van der Waals surface area contributed by atoms with Gasteiger partial charge in [-0.05, 0) is 43.7 Å². The smallest absolute Gasteiger partial charge is 0.266 e. The van der Waals surface area contributed by atoms with Crippen molar-refractivity contribution in [2.75, 3.05) is 5.32 Å². The number of nitrogens with one attached hydrogen (secondary N) is 1. The lowest BCUT2D eigenvalue weighted by atomic mass is 10.2. The Kier molecular flexibility index (Phi) is 4.57. The second kappa shape index (κ2) is 6.58. The molecule has 1 amide bonds. The summed E-state index contributed by atoms with van der Waals surface area (Å²) in [6.07, 6.45) is 5.44. The number of carbonyl (C=O) groups is 1. The molecule has 0 aliphatic rings. The largest absolute Gasteiger partial charge is 0.351 e. The Labute approximate surface area is 124 Å². The highest BCUT2D eigenvalue weighted by Gasteiger charge is 2.10. The minimum atomic E-state index is -0.402. The van der Waals surface area contributed by atoms with E-state index in [1.54, 1.807) is 18.2 Å². The van der Waals surface area contributed by atoms with Gasteiger partial charge in [0.25, 0.3) is 5.91 Å². The lowest BCUT2D eigenvalue weighted by Crippen LogP contribution is -2.13. The van der Waals surface area contributed by atoms with Crippen LogP contribution in [-0.2, 0) is 4.79 Å². The van der Waals surface area contributed by atoms with Gasteiger partial charge in [-0.1, -0.05) is 18.2 Å². The lowest BCUT2D eigenvalue weighted by molar-refractivity contribution is -0.112. The van der Waals surface area contributed by atoms with Crippen LogP contribution >= 0.6 is 0 Å². The monoisotopic (exact) mass is 279 g/mol. The summed E-state index contributed by atoms with van der Waals surface area (Å²) in [4.78, 5) is 12.1. The molecule has 0 spiro atoms. The molecule has 2 aromatic rings. The third kappa shape index (κ3) is 3.83. The van der Waals surface area contributed by atoms with Crippen LogP contribution in [-0.4, -0.2) is 10.5 Å². The average molecular weight is 279 g/mol. The Morgan fingerprint density at radius 3 is 2.57 bits per heavy atom. The van der Waals surface area contributed by atoms with Crippen molar-refractivity contribution < 1.29 is 4.79 Å². The summed E-state index contributed by atoms with van der Waals surface area (Å²) >= 11 is 0. The first kappa shape index (κ1) is 14.6. The summed E-state index contributed by atoms with van der Waals surface area (Å²) in [7, 11) is 0. The van der Waals surface area contributed by atoms with Gasteiger partial charge in [-0.2, -0.15) is 5.26 Å². The zero-order chi connectivity index (χ0) is 15.2. The summed E-state index contributed by atoms with van der Waals surface area (Å²) < 4.78 is 2.02. The van der Waals surface area contributed by atoms with Crippen molar-refractivity contribution >= 4 is 17.7 Å². The Hall–Kier alpha value is -2.80. The second-order valence-corrected chi connectivity index (χ2v) is 4.98. The van der Waals surface area contributed by atoms with E-state index in [0.717, 1.165) is 5.56 Å². The molecule has 0 unspecified atom stereocenters. The molecule has 0 aliphatic heterocycles. The van der Waals surface area contributed by atoms with Crippen LogP contribution in [0, 0.1) is 11.3 Å². The number of nitrogens with zero attached hydrogens (tertiary/aromatic N) is 2. The van der Waals surface area contributed by atoms with Crippen LogP contribution in [0.5, 0.6) is 0 Å². The van der Waals surface area contributed by atoms with Gasteiger partial charge in [-0.25, -0.2) is 0 Å². The van der Waals surface area contributed by atoms with Crippen LogP contribution in [0.1, 0.15) is 25.5 Å². The average Bonchev–Trinajstić information content (AvgIpc) is 2.94. The van der Waals surface area contributed by atoms with Gasteiger partial charge in [0.15, 0.2) is 0 Å². The van der Waals surface area contributed by atoms with Crippen LogP contribution < -0.4 is 5.32 Å². The van der Waals surface area contributed by atoms with Crippen molar-refractivity contribution in [3.63, 3.8) is 0 Å². The second-order valence-electron chi connectivity index (χ2n) is 4.98. The summed E-state index contributed by atoms with van der Waals surface area (Å²) in [5.74, 6) is -0.402. The van der Waals surface area contributed by atoms with Crippen molar-refractivity contribution in [2.45, 2.75) is 19.9 Å². The molecule has 4 heteroatoms. The van der Waals surface area contributed by atoms with Crippen molar-refractivity contribution in [1.29, 1.82) is 5.26 Å². The molecule has 0 radical (unpaired) electrons. The van der Waals surface area contributed by atoms with Gasteiger partial charge in [-0.15, -0.1) is 0 Å². The zero-order valence-electron chi connectivity index (χ0n) is 12.1. The molecule has 1 heterocycles. The topological polar surface area (TPSA) is 57.8 Å². The molecule has 0 saturated carbocycles. The minimum absolute atomic E-state index is 0.0837. The van der Waals surface area contributed by atoms with E-state index in [0.29, 0.717) is 11.7 Å². The van der Waals surface area contributed by atoms with E-state index >= 15 is 0 Å². The van der Waals surface area contributed by atoms with Gasteiger partial charge in [0.05, 0.1) is 0 Å². The molecule has 2 rings (SSSR count). The normalized spacial score (nSPS) is 11.2. The number of hydrogen-bond acceptors (Lipinski definition) is 2. The van der Waals surface area contributed by atoms with Crippen LogP contribution in [0.3, 0.4) is 0 Å². The van der Waals surface area contributed by atoms with Gasteiger partial charge in [0.1, 0.15) is 11.6 Å². The van der Waals surface area contributed by atoms with Crippen LogP contribution in [0.4, 0.5) is 5.69 Å². The van der Waals surface area contributed by atoms with Gasteiger partial charge < -0.3 is 9.88 Å². The van der Waals surface area contributed by atoms with Gasteiger partial charge in [-0.3, -0.25) is 4.79 Å². The number of carbonyl (C=O) groups excluding carboxylic acids is 1.